The average molecular weight is 239 g/mol. The van der Waals surface area contributed by atoms with Crippen molar-refractivity contribution >= 4 is 23.4 Å². The summed E-state index contributed by atoms with van der Waals surface area (Å²) in [5, 5.41) is 12.1. The zero-order valence-electron chi connectivity index (χ0n) is 9.56. The minimum atomic E-state index is -0.887. The molecule has 0 spiro atoms. The van der Waals surface area contributed by atoms with E-state index in [1.807, 2.05) is 11.8 Å². The molecule has 1 atom stereocenters. The van der Waals surface area contributed by atoms with Gasteiger partial charge in [0.15, 0.2) is 0 Å². The lowest BCUT2D eigenvalue weighted by molar-refractivity contribution is 0.0697. The highest BCUT2D eigenvalue weighted by Crippen LogP contribution is 2.12. The smallest absolute Gasteiger partial charge is 0.335 e. The topological polar surface area (TPSA) is 49.3 Å². The van der Waals surface area contributed by atoms with Crippen LogP contribution in [0.25, 0.3) is 0 Å². The molecule has 0 aliphatic rings. The van der Waals surface area contributed by atoms with Gasteiger partial charge in [0, 0.05) is 11.7 Å². The SMILES string of the molecule is CSCCC(C)Nc1ccc(C(=O)O)cc1. The largest absolute Gasteiger partial charge is 0.478 e. The molecule has 0 heterocycles. The molecular formula is C12H17NO2S. The Morgan fingerprint density at radius 3 is 2.56 bits per heavy atom. The first kappa shape index (κ1) is 12.9. The Hall–Kier alpha value is -1.16. The summed E-state index contributed by atoms with van der Waals surface area (Å²) in [5.41, 5.74) is 1.29. The molecule has 0 radical (unpaired) electrons. The lowest BCUT2D eigenvalue weighted by atomic mass is 10.2. The summed E-state index contributed by atoms with van der Waals surface area (Å²) in [6.45, 7) is 2.13. The number of carboxylic acid groups (broad SMARTS) is 1. The van der Waals surface area contributed by atoms with Crippen molar-refractivity contribution in [3.63, 3.8) is 0 Å². The fourth-order valence-electron chi connectivity index (χ4n) is 1.36. The lowest BCUT2D eigenvalue weighted by Crippen LogP contribution is -2.15. The first-order valence-corrected chi connectivity index (χ1v) is 6.61. The zero-order chi connectivity index (χ0) is 12.0. The number of hydrogen-bond donors (Lipinski definition) is 2. The highest BCUT2D eigenvalue weighted by Gasteiger charge is 2.04. The van der Waals surface area contributed by atoms with Crippen molar-refractivity contribution in [3.8, 4) is 0 Å². The lowest BCUT2D eigenvalue weighted by Gasteiger charge is -2.14. The quantitative estimate of drug-likeness (QED) is 0.801. The van der Waals surface area contributed by atoms with Gasteiger partial charge in [-0.3, -0.25) is 0 Å². The minimum absolute atomic E-state index is 0.322. The maximum atomic E-state index is 10.7. The normalized spacial score (nSPS) is 12.1. The molecule has 88 valence electrons. The summed E-state index contributed by atoms with van der Waals surface area (Å²) in [4.78, 5) is 10.7. The van der Waals surface area contributed by atoms with Crippen LogP contribution in [0.5, 0.6) is 0 Å². The molecule has 0 amide bonds. The number of nitrogens with one attached hydrogen (secondary N) is 1. The number of benzene rings is 1. The van der Waals surface area contributed by atoms with Gasteiger partial charge < -0.3 is 10.4 Å². The van der Waals surface area contributed by atoms with Crippen LogP contribution in [0.15, 0.2) is 24.3 Å². The van der Waals surface area contributed by atoms with Crippen molar-refractivity contribution in [3.05, 3.63) is 29.8 Å². The Kier molecular flexibility index (Phi) is 5.19. The Balaban J connectivity index is 2.51. The van der Waals surface area contributed by atoms with E-state index in [1.54, 1.807) is 24.3 Å². The number of carbonyl (C=O) groups is 1. The molecule has 0 bridgehead atoms. The van der Waals surface area contributed by atoms with Crippen LogP contribution in [0.4, 0.5) is 5.69 Å². The summed E-state index contributed by atoms with van der Waals surface area (Å²) in [7, 11) is 0. The van der Waals surface area contributed by atoms with E-state index in [2.05, 4.69) is 18.5 Å². The standard InChI is InChI=1S/C12H17NO2S/c1-9(7-8-16-2)13-11-5-3-10(4-6-11)12(14)15/h3-6,9,13H,7-8H2,1-2H3,(H,14,15). The molecule has 3 nitrogen and oxygen atoms in total. The minimum Gasteiger partial charge on any atom is -0.478 e. The molecule has 0 fully saturated rings. The van der Waals surface area contributed by atoms with Crippen molar-refractivity contribution < 1.29 is 9.90 Å². The number of hydrogen-bond acceptors (Lipinski definition) is 3. The predicted octanol–water partition coefficient (Wildman–Crippen LogP) is 2.94. The Morgan fingerprint density at radius 1 is 1.44 bits per heavy atom. The fraction of sp³-hybridized carbons (Fsp3) is 0.417. The summed E-state index contributed by atoms with van der Waals surface area (Å²) in [6.07, 6.45) is 3.19. The van der Waals surface area contributed by atoms with Crippen molar-refractivity contribution in [2.24, 2.45) is 0 Å². The van der Waals surface area contributed by atoms with E-state index in [4.69, 9.17) is 5.11 Å². The predicted molar refractivity (Wildman–Crippen MR) is 69.5 cm³/mol. The Bertz CT molecular complexity index is 337. The van der Waals surface area contributed by atoms with Gasteiger partial charge in [-0.1, -0.05) is 0 Å². The maximum Gasteiger partial charge on any atom is 0.335 e. The summed E-state index contributed by atoms with van der Waals surface area (Å²) in [6, 6.07) is 7.25. The van der Waals surface area contributed by atoms with E-state index in [-0.39, 0.29) is 0 Å². The first-order chi connectivity index (χ1) is 7.63. The molecule has 0 saturated carbocycles. The van der Waals surface area contributed by atoms with E-state index >= 15 is 0 Å². The molecule has 1 aromatic rings. The van der Waals surface area contributed by atoms with E-state index in [0.717, 1.165) is 17.9 Å². The zero-order valence-corrected chi connectivity index (χ0v) is 10.4. The molecule has 16 heavy (non-hydrogen) atoms. The Labute approximate surface area is 100 Å². The van der Waals surface area contributed by atoms with Gasteiger partial charge in [0.1, 0.15) is 0 Å². The van der Waals surface area contributed by atoms with E-state index in [9.17, 15) is 4.79 Å². The van der Waals surface area contributed by atoms with Crippen LogP contribution in [-0.4, -0.2) is 29.1 Å². The third-order valence-electron chi connectivity index (χ3n) is 2.30. The molecule has 4 heteroatoms. The van der Waals surface area contributed by atoms with Gasteiger partial charge in [-0.15, -0.1) is 0 Å². The van der Waals surface area contributed by atoms with E-state index in [1.165, 1.54) is 0 Å². The van der Waals surface area contributed by atoms with Gasteiger partial charge in [0.25, 0.3) is 0 Å². The highest BCUT2D eigenvalue weighted by molar-refractivity contribution is 7.98. The van der Waals surface area contributed by atoms with Crippen LogP contribution in [0.2, 0.25) is 0 Å². The molecule has 0 aliphatic carbocycles. The van der Waals surface area contributed by atoms with Gasteiger partial charge in [0.2, 0.25) is 0 Å². The van der Waals surface area contributed by atoms with Crippen molar-refractivity contribution in [1.29, 1.82) is 0 Å². The third kappa shape index (κ3) is 4.14. The van der Waals surface area contributed by atoms with Gasteiger partial charge in [-0.05, 0) is 49.6 Å². The molecule has 0 saturated heterocycles. The number of carboxylic acids is 1. The second-order valence-electron chi connectivity index (χ2n) is 3.71. The average Bonchev–Trinajstić information content (AvgIpc) is 2.27. The fourth-order valence-corrected chi connectivity index (χ4v) is 1.95. The van der Waals surface area contributed by atoms with E-state index < -0.39 is 5.97 Å². The summed E-state index contributed by atoms with van der Waals surface area (Å²) in [5.74, 6) is 0.239. The van der Waals surface area contributed by atoms with E-state index in [0.29, 0.717) is 11.6 Å². The van der Waals surface area contributed by atoms with Crippen LogP contribution in [0.3, 0.4) is 0 Å². The van der Waals surface area contributed by atoms with Crippen LogP contribution < -0.4 is 5.32 Å². The van der Waals surface area contributed by atoms with Crippen LogP contribution in [0, 0.1) is 0 Å². The van der Waals surface area contributed by atoms with Crippen molar-refractivity contribution in [1.82, 2.24) is 0 Å². The molecule has 0 aliphatic heterocycles. The number of thioether (sulfide) groups is 1. The third-order valence-corrected chi connectivity index (χ3v) is 2.94. The molecular weight excluding hydrogens is 222 g/mol. The summed E-state index contributed by atoms with van der Waals surface area (Å²) >= 11 is 1.83. The second-order valence-corrected chi connectivity index (χ2v) is 4.69. The second kappa shape index (κ2) is 6.43. The molecule has 1 aromatic carbocycles. The number of aromatic carboxylic acids is 1. The number of rotatable bonds is 6. The maximum absolute atomic E-state index is 10.7. The van der Waals surface area contributed by atoms with Crippen LogP contribution in [0.1, 0.15) is 23.7 Å². The molecule has 1 unspecified atom stereocenters. The molecule has 1 rings (SSSR count). The van der Waals surface area contributed by atoms with Crippen molar-refractivity contribution in [2.75, 3.05) is 17.3 Å². The van der Waals surface area contributed by atoms with Gasteiger partial charge in [-0.2, -0.15) is 11.8 Å². The first-order valence-electron chi connectivity index (χ1n) is 5.22. The van der Waals surface area contributed by atoms with Gasteiger partial charge >= 0.3 is 5.97 Å². The summed E-state index contributed by atoms with van der Waals surface area (Å²) < 4.78 is 0. The van der Waals surface area contributed by atoms with Gasteiger partial charge in [-0.25, -0.2) is 4.79 Å². The van der Waals surface area contributed by atoms with Crippen LogP contribution >= 0.6 is 11.8 Å². The molecule has 2 N–H and O–H groups in total. The monoisotopic (exact) mass is 239 g/mol. The molecule has 0 aromatic heterocycles. The van der Waals surface area contributed by atoms with Crippen molar-refractivity contribution in [2.45, 2.75) is 19.4 Å². The Morgan fingerprint density at radius 2 is 2.06 bits per heavy atom. The highest BCUT2D eigenvalue weighted by atomic mass is 32.2. The van der Waals surface area contributed by atoms with Crippen LogP contribution in [-0.2, 0) is 0 Å². The number of anilines is 1. The van der Waals surface area contributed by atoms with Gasteiger partial charge in [0.05, 0.1) is 5.56 Å².